The quantitative estimate of drug-likeness (QED) is 0.363. The van der Waals surface area contributed by atoms with Crippen LogP contribution in [0.1, 0.15) is 0 Å². The first-order valence-electron chi connectivity index (χ1n) is 9.88. The van der Waals surface area contributed by atoms with Crippen LogP contribution in [0, 0.1) is 0 Å². The lowest BCUT2D eigenvalue weighted by Crippen LogP contribution is -2.02. The molecule has 0 heterocycles. The summed E-state index contributed by atoms with van der Waals surface area (Å²) in [6, 6.07) is 26.4. The lowest BCUT2D eigenvalue weighted by molar-refractivity contribution is 0.414. The van der Waals surface area contributed by atoms with Crippen LogP contribution in [-0.2, 0) is 19.7 Å². The molecule has 33 heavy (non-hydrogen) atoms. The first-order valence-corrected chi connectivity index (χ1v) is 12.8. The second-order valence-electron chi connectivity index (χ2n) is 7.04. The average Bonchev–Trinajstić information content (AvgIpc) is 2.85. The molecule has 0 amide bonds. The molecule has 0 saturated heterocycles. The van der Waals surface area contributed by atoms with Crippen LogP contribution in [0.3, 0.4) is 0 Å². The molecule has 0 fully saturated rings. The van der Waals surface area contributed by atoms with Crippen molar-refractivity contribution < 1.29 is 26.3 Å². The number of ether oxygens (including phenoxy) is 2. The fraction of sp³-hybridized carbons (Fsp3) is 0.0400. The summed E-state index contributed by atoms with van der Waals surface area (Å²) in [5.74, 6) is 1.41. The van der Waals surface area contributed by atoms with Crippen LogP contribution in [-0.4, -0.2) is 23.9 Å². The highest BCUT2D eigenvalue weighted by atomic mass is 32.2. The number of benzene rings is 4. The van der Waals surface area contributed by atoms with Crippen molar-refractivity contribution in [1.29, 1.82) is 0 Å². The predicted molar refractivity (Wildman–Crippen MR) is 123 cm³/mol. The molecule has 6 nitrogen and oxygen atoms in total. The molecule has 0 aliphatic rings. The predicted octanol–water partition coefficient (Wildman–Crippen LogP) is 5.15. The molecule has 0 spiro atoms. The molecule has 0 unspecified atom stereocenters. The maximum absolute atomic E-state index is 12.8. The van der Waals surface area contributed by atoms with E-state index in [1.165, 1.54) is 43.5 Å². The van der Waals surface area contributed by atoms with E-state index in [9.17, 15) is 16.8 Å². The average molecular weight is 481 g/mol. The number of hydrogen-bond donors (Lipinski definition) is 0. The maximum Gasteiger partial charge on any atom is 0.206 e. The van der Waals surface area contributed by atoms with Gasteiger partial charge in [-0.15, -0.1) is 0 Å². The van der Waals surface area contributed by atoms with Gasteiger partial charge in [-0.2, -0.15) is 0 Å². The van der Waals surface area contributed by atoms with E-state index in [0.717, 1.165) is 0 Å². The molecule has 0 N–H and O–H groups in total. The molecule has 4 rings (SSSR count). The van der Waals surface area contributed by atoms with Crippen molar-refractivity contribution >= 4 is 19.7 Å². The molecule has 0 aliphatic carbocycles. The van der Waals surface area contributed by atoms with Crippen molar-refractivity contribution in [1.82, 2.24) is 0 Å². The zero-order chi connectivity index (χ0) is 23.5. The molecule has 4 aromatic rings. The van der Waals surface area contributed by atoms with Gasteiger partial charge in [0.05, 0.1) is 26.7 Å². The standard InChI is InChI=1S/C25H20O6S2/c1-30-19-7-13-23(14-8-19)33(28,29)25-17-11-21(12-18-25)31-20-9-15-24(16-10-20)32(26,27)22-5-3-2-4-6-22/h2-18H,1H3. The van der Waals surface area contributed by atoms with Gasteiger partial charge in [-0.05, 0) is 84.9 Å². The van der Waals surface area contributed by atoms with E-state index in [2.05, 4.69) is 0 Å². The van der Waals surface area contributed by atoms with Gasteiger partial charge in [-0.25, -0.2) is 16.8 Å². The number of sulfone groups is 2. The molecular weight excluding hydrogens is 460 g/mol. The zero-order valence-corrected chi connectivity index (χ0v) is 19.2. The number of methoxy groups -OCH3 is 1. The Morgan fingerprint density at radius 3 is 1.15 bits per heavy atom. The molecule has 0 saturated carbocycles. The minimum Gasteiger partial charge on any atom is -0.497 e. The van der Waals surface area contributed by atoms with E-state index in [1.54, 1.807) is 66.7 Å². The maximum atomic E-state index is 12.8. The van der Waals surface area contributed by atoms with E-state index in [1.807, 2.05) is 0 Å². The van der Waals surface area contributed by atoms with Crippen LogP contribution in [0.5, 0.6) is 17.2 Å². The van der Waals surface area contributed by atoms with Crippen molar-refractivity contribution in [2.45, 2.75) is 19.6 Å². The summed E-state index contributed by atoms with van der Waals surface area (Å²) in [4.78, 5) is 0.658. The summed E-state index contributed by atoms with van der Waals surface area (Å²) in [6.45, 7) is 0. The van der Waals surface area contributed by atoms with Crippen molar-refractivity contribution in [2.75, 3.05) is 7.11 Å². The fourth-order valence-corrected chi connectivity index (χ4v) is 5.68. The van der Waals surface area contributed by atoms with Gasteiger partial charge in [0.2, 0.25) is 19.7 Å². The Bertz CT molecular complexity index is 1440. The number of rotatable bonds is 7. The van der Waals surface area contributed by atoms with Crippen molar-refractivity contribution in [3.05, 3.63) is 103 Å². The Balaban J connectivity index is 1.50. The van der Waals surface area contributed by atoms with Crippen LogP contribution in [0.15, 0.2) is 123 Å². The van der Waals surface area contributed by atoms with E-state index < -0.39 is 19.7 Å². The molecule has 8 heteroatoms. The minimum absolute atomic E-state index is 0.129. The summed E-state index contributed by atoms with van der Waals surface area (Å²) in [5, 5.41) is 0. The Kier molecular flexibility index (Phi) is 6.22. The summed E-state index contributed by atoms with van der Waals surface area (Å²) < 4.78 is 61.8. The van der Waals surface area contributed by atoms with Crippen LogP contribution in [0.2, 0.25) is 0 Å². The van der Waals surface area contributed by atoms with E-state index in [-0.39, 0.29) is 19.6 Å². The highest BCUT2D eigenvalue weighted by Gasteiger charge is 2.19. The van der Waals surface area contributed by atoms with E-state index >= 15 is 0 Å². The van der Waals surface area contributed by atoms with Crippen LogP contribution >= 0.6 is 0 Å². The van der Waals surface area contributed by atoms with Crippen molar-refractivity contribution in [3.63, 3.8) is 0 Å². The minimum atomic E-state index is -3.68. The zero-order valence-electron chi connectivity index (χ0n) is 17.6. The molecule has 0 bridgehead atoms. The smallest absolute Gasteiger partial charge is 0.206 e. The number of hydrogen-bond acceptors (Lipinski definition) is 6. The monoisotopic (exact) mass is 480 g/mol. The second kappa shape index (κ2) is 9.09. The van der Waals surface area contributed by atoms with Crippen LogP contribution in [0.25, 0.3) is 0 Å². The molecule has 168 valence electrons. The molecule has 0 aromatic heterocycles. The SMILES string of the molecule is COc1ccc(S(=O)(=O)c2ccc(Oc3ccc(S(=O)(=O)c4ccccc4)cc3)cc2)cc1. The third-order valence-corrected chi connectivity index (χ3v) is 8.50. The topological polar surface area (TPSA) is 86.7 Å². The molecule has 0 aliphatic heterocycles. The Labute approximate surface area is 192 Å². The lowest BCUT2D eigenvalue weighted by Gasteiger charge is -2.09. The van der Waals surface area contributed by atoms with Gasteiger partial charge in [0.25, 0.3) is 0 Å². The highest BCUT2D eigenvalue weighted by molar-refractivity contribution is 7.91. The van der Waals surface area contributed by atoms with Crippen molar-refractivity contribution in [3.8, 4) is 17.2 Å². The Hall–Kier alpha value is -3.62. The largest absolute Gasteiger partial charge is 0.497 e. The van der Waals surface area contributed by atoms with Crippen LogP contribution in [0.4, 0.5) is 0 Å². The summed E-state index contributed by atoms with van der Waals surface area (Å²) in [6.07, 6.45) is 0. The van der Waals surface area contributed by atoms with Gasteiger partial charge >= 0.3 is 0 Å². The normalized spacial score (nSPS) is 11.7. The first-order chi connectivity index (χ1) is 15.8. The molecule has 4 aromatic carbocycles. The van der Waals surface area contributed by atoms with Gasteiger partial charge in [0.15, 0.2) is 0 Å². The summed E-state index contributed by atoms with van der Waals surface area (Å²) in [5.41, 5.74) is 0. The summed E-state index contributed by atoms with van der Waals surface area (Å²) in [7, 11) is -5.78. The van der Waals surface area contributed by atoms with Gasteiger partial charge in [-0.1, -0.05) is 18.2 Å². The summed E-state index contributed by atoms with van der Waals surface area (Å²) >= 11 is 0. The third kappa shape index (κ3) is 4.76. The van der Waals surface area contributed by atoms with Gasteiger partial charge < -0.3 is 9.47 Å². The van der Waals surface area contributed by atoms with Gasteiger partial charge in [-0.3, -0.25) is 0 Å². The van der Waals surface area contributed by atoms with Gasteiger partial charge in [0, 0.05) is 0 Å². The molecule has 0 atom stereocenters. The second-order valence-corrected chi connectivity index (χ2v) is 10.9. The van der Waals surface area contributed by atoms with Gasteiger partial charge in [0.1, 0.15) is 17.2 Å². The first kappa shape index (κ1) is 22.6. The molecular formula is C25H20O6S2. The third-order valence-electron chi connectivity index (χ3n) is 4.93. The van der Waals surface area contributed by atoms with Crippen molar-refractivity contribution in [2.24, 2.45) is 0 Å². The lowest BCUT2D eigenvalue weighted by atomic mass is 10.3. The fourth-order valence-electron chi connectivity index (χ4n) is 3.14. The highest BCUT2D eigenvalue weighted by Crippen LogP contribution is 2.28. The Morgan fingerprint density at radius 2 is 0.788 bits per heavy atom. The van der Waals surface area contributed by atoms with Crippen LogP contribution < -0.4 is 9.47 Å². The molecule has 0 radical (unpaired) electrons. The Morgan fingerprint density at radius 1 is 0.455 bits per heavy atom. The van der Waals surface area contributed by atoms with E-state index in [0.29, 0.717) is 17.2 Å². The van der Waals surface area contributed by atoms with E-state index in [4.69, 9.17) is 9.47 Å².